The summed E-state index contributed by atoms with van der Waals surface area (Å²) in [5.74, 6) is -0.318. The van der Waals surface area contributed by atoms with Crippen molar-refractivity contribution in [2.24, 2.45) is 0 Å². The number of amides is 1. The highest BCUT2D eigenvalue weighted by Gasteiger charge is 2.22. The van der Waals surface area contributed by atoms with Gasteiger partial charge in [0.05, 0.1) is 19.2 Å². The van der Waals surface area contributed by atoms with Gasteiger partial charge in [-0.2, -0.15) is 0 Å². The molecule has 0 saturated carbocycles. The Morgan fingerprint density at radius 1 is 1.12 bits per heavy atom. The molecule has 1 atom stereocenters. The fourth-order valence-corrected chi connectivity index (χ4v) is 2.72. The van der Waals surface area contributed by atoms with E-state index in [4.69, 9.17) is 21.1 Å². The van der Waals surface area contributed by atoms with Crippen LogP contribution in [0.25, 0.3) is 0 Å². The van der Waals surface area contributed by atoms with Crippen molar-refractivity contribution < 1.29 is 24.2 Å². The summed E-state index contributed by atoms with van der Waals surface area (Å²) in [6.07, 6.45) is 0.576. The molecular formula is C19H20ClNO5. The van der Waals surface area contributed by atoms with Crippen molar-refractivity contribution in [3.8, 4) is 11.5 Å². The average molecular weight is 378 g/mol. The molecule has 0 spiro atoms. The standard InChI is InChI=1S/C19H20ClNO5/c1-25-14-7-5-13(6-8-14)18(19(23)24)21-17(22)10-4-12-3-9-16(26-2)15(20)11-12/h3,5-9,11,18H,4,10H2,1-2H3,(H,21,22)(H,23,24). The first-order valence-corrected chi connectivity index (χ1v) is 8.31. The van der Waals surface area contributed by atoms with Crippen molar-refractivity contribution in [3.05, 3.63) is 58.6 Å². The SMILES string of the molecule is COc1ccc(C(NC(=O)CCc2ccc(OC)c(Cl)c2)C(=O)O)cc1. The second-order valence-electron chi connectivity index (χ2n) is 5.58. The Bertz CT molecular complexity index is 776. The number of rotatable bonds is 8. The fraction of sp³-hybridized carbons (Fsp3) is 0.263. The van der Waals surface area contributed by atoms with Gasteiger partial charge in [-0.25, -0.2) is 4.79 Å². The van der Waals surface area contributed by atoms with Gasteiger partial charge in [0.15, 0.2) is 6.04 Å². The third-order valence-electron chi connectivity index (χ3n) is 3.86. The van der Waals surface area contributed by atoms with Crippen molar-refractivity contribution in [1.29, 1.82) is 0 Å². The van der Waals surface area contributed by atoms with Crippen LogP contribution in [0.1, 0.15) is 23.6 Å². The molecule has 6 nitrogen and oxygen atoms in total. The number of carbonyl (C=O) groups is 2. The number of carboxylic acid groups (broad SMARTS) is 1. The zero-order valence-corrected chi connectivity index (χ0v) is 15.2. The zero-order valence-electron chi connectivity index (χ0n) is 14.5. The minimum atomic E-state index is -1.13. The highest BCUT2D eigenvalue weighted by Crippen LogP contribution is 2.25. The maximum Gasteiger partial charge on any atom is 0.330 e. The van der Waals surface area contributed by atoms with Gasteiger partial charge in [0.2, 0.25) is 5.91 Å². The molecule has 2 rings (SSSR count). The number of carbonyl (C=O) groups excluding carboxylic acids is 1. The lowest BCUT2D eigenvalue weighted by Crippen LogP contribution is -2.33. The largest absolute Gasteiger partial charge is 0.497 e. The van der Waals surface area contributed by atoms with E-state index in [1.807, 2.05) is 6.07 Å². The Hall–Kier alpha value is -2.73. The third-order valence-corrected chi connectivity index (χ3v) is 4.15. The van der Waals surface area contributed by atoms with Gasteiger partial charge in [0, 0.05) is 6.42 Å². The Morgan fingerprint density at radius 3 is 2.35 bits per heavy atom. The lowest BCUT2D eigenvalue weighted by Gasteiger charge is -2.15. The maximum absolute atomic E-state index is 12.2. The molecule has 0 heterocycles. The summed E-state index contributed by atoms with van der Waals surface area (Å²) in [6.45, 7) is 0. The van der Waals surface area contributed by atoms with Crippen molar-refractivity contribution in [2.75, 3.05) is 14.2 Å². The van der Waals surface area contributed by atoms with Crippen molar-refractivity contribution >= 4 is 23.5 Å². The first kappa shape index (κ1) is 19.6. The molecule has 0 radical (unpaired) electrons. The summed E-state index contributed by atoms with van der Waals surface area (Å²) in [6, 6.07) is 10.7. The number of carboxylic acids is 1. The first-order chi connectivity index (χ1) is 12.4. The Labute approximate surface area is 156 Å². The highest BCUT2D eigenvalue weighted by molar-refractivity contribution is 6.32. The summed E-state index contributed by atoms with van der Waals surface area (Å²) in [7, 11) is 3.05. The van der Waals surface area contributed by atoms with Crippen LogP contribution in [0.15, 0.2) is 42.5 Å². The van der Waals surface area contributed by atoms with E-state index in [-0.39, 0.29) is 12.3 Å². The van der Waals surface area contributed by atoms with Crippen molar-refractivity contribution in [3.63, 3.8) is 0 Å². The van der Waals surface area contributed by atoms with E-state index in [1.165, 1.54) is 14.2 Å². The van der Waals surface area contributed by atoms with Crippen LogP contribution in [0.3, 0.4) is 0 Å². The number of hydrogen-bond acceptors (Lipinski definition) is 4. The van der Waals surface area contributed by atoms with Gasteiger partial charge in [-0.05, 0) is 41.8 Å². The number of methoxy groups -OCH3 is 2. The van der Waals surface area contributed by atoms with Crippen LogP contribution in [0.5, 0.6) is 11.5 Å². The fourth-order valence-electron chi connectivity index (χ4n) is 2.44. The van der Waals surface area contributed by atoms with E-state index in [1.54, 1.807) is 36.4 Å². The van der Waals surface area contributed by atoms with E-state index >= 15 is 0 Å². The van der Waals surface area contributed by atoms with Crippen molar-refractivity contribution in [1.82, 2.24) is 5.32 Å². The van der Waals surface area contributed by atoms with Crippen LogP contribution >= 0.6 is 11.6 Å². The Kier molecular flexibility index (Phi) is 6.86. The number of aliphatic carboxylic acids is 1. The molecule has 1 amide bonds. The molecule has 0 aliphatic carbocycles. The Morgan fingerprint density at radius 2 is 1.81 bits per heavy atom. The molecule has 0 saturated heterocycles. The minimum Gasteiger partial charge on any atom is -0.497 e. The summed E-state index contributed by atoms with van der Waals surface area (Å²) in [4.78, 5) is 23.7. The normalized spacial score (nSPS) is 11.5. The van der Waals surface area contributed by atoms with Crippen LogP contribution in [0, 0.1) is 0 Å². The van der Waals surface area contributed by atoms with Gasteiger partial charge in [-0.3, -0.25) is 4.79 Å². The van der Waals surface area contributed by atoms with Crippen LogP contribution in [0.2, 0.25) is 5.02 Å². The summed E-state index contributed by atoms with van der Waals surface area (Å²) < 4.78 is 10.1. The number of benzene rings is 2. The molecule has 7 heteroatoms. The molecule has 0 aromatic heterocycles. The zero-order chi connectivity index (χ0) is 19.1. The highest BCUT2D eigenvalue weighted by atomic mass is 35.5. The molecule has 0 fully saturated rings. The first-order valence-electron chi connectivity index (χ1n) is 7.93. The monoisotopic (exact) mass is 377 g/mol. The van der Waals surface area contributed by atoms with Crippen LogP contribution in [-0.2, 0) is 16.0 Å². The van der Waals surface area contributed by atoms with Crippen LogP contribution in [0.4, 0.5) is 0 Å². The number of nitrogens with one attached hydrogen (secondary N) is 1. The van der Waals surface area contributed by atoms with E-state index in [0.29, 0.717) is 28.5 Å². The Balaban J connectivity index is 1.99. The van der Waals surface area contributed by atoms with Gasteiger partial charge < -0.3 is 19.9 Å². The molecule has 0 aliphatic heterocycles. The summed E-state index contributed by atoms with van der Waals surface area (Å²) in [5, 5.41) is 12.4. The smallest absolute Gasteiger partial charge is 0.330 e. The number of aryl methyl sites for hydroxylation is 1. The maximum atomic E-state index is 12.2. The minimum absolute atomic E-state index is 0.141. The number of halogens is 1. The van der Waals surface area contributed by atoms with Crippen LogP contribution < -0.4 is 14.8 Å². The van der Waals surface area contributed by atoms with E-state index < -0.39 is 12.0 Å². The van der Waals surface area contributed by atoms with Gasteiger partial charge in [0.1, 0.15) is 11.5 Å². The summed E-state index contributed by atoms with van der Waals surface area (Å²) in [5.41, 5.74) is 1.33. The van der Waals surface area contributed by atoms with Gasteiger partial charge in [0.25, 0.3) is 0 Å². The summed E-state index contributed by atoms with van der Waals surface area (Å²) >= 11 is 6.06. The lowest BCUT2D eigenvalue weighted by molar-refractivity contribution is -0.142. The molecule has 138 valence electrons. The second-order valence-corrected chi connectivity index (χ2v) is 5.99. The van der Waals surface area contributed by atoms with E-state index in [2.05, 4.69) is 5.32 Å². The predicted octanol–water partition coefficient (Wildman–Crippen LogP) is 3.23. The average Bonchev–Trinajstić information content (AvgIpc) is 2.64. The van der Waals surface area contributed by atoms with E-state index in [9.17, 15) is 14.7 Å². The molecular weight excluding hydrogens is 358 g/mol. The number of ether oxygens (including phenoxy) is 2. The molecule has 1 unspecified atom stereocenters. The van der Waals surface area contributed by atoms with Crippen molar-refractivity contribution in [2.45, 2.75) is 18.9 Å². The molecule has 0 bridgehead atoms. The van der Waals surface area contributed by atoms with Gasteiger partial charge >= 0.3 is 5.97 Å². The van der Waals surface area contributed by atoms with Crippen LogP contribution in [-0.4, -0.2) is 31.2 Å². The molecule has 2 aromatic carbocycles. The molecule has 2 N–H and O–H groups in total. The third kappa shape index (κ3) is 5.13. The van der Waals surface area contributed by atoms with Gasteiger partial charge in [-0.1, -0.05) is 29.8 Å². The topological polar surface area (TPSA) is 84.9 Å². The lowest BCUT2D eigenvalue weighted by atomic mass is 10.1. The second kappa shape index (κ2) is 9.10. The quantitative estimate of drug-likeness (QED) is 0.737. The number of hydrogen-bond donors (Lipinski definition) is 2. The molecule has 26 heavy (non-hydrogen) atoms. The predicted molar refractivity (Wildman–Crippen MR) is 97.8 cm³/mol. The van der Waals surface area contributed by atoms with Gasteiger partial charge in [-0.15, -0.1) is 0 Å². The molecule has 2 aromatic rings. The van der Waals surface area contributed by atoms with E-state index in [0.717, 1.165) is 5.56 Å². The molecule has 0 aliphatic rings.